The van der Waals surface area contributed by atoms with E-state index in [1.807, 2.05) is 78.5 Å². The molecule has 1 aromatic heterocycles. The lowest BCUT2D eigenvalue weighted by molar-refractivity contribution is -0.116. The Morgan fingerprint density at radius 2 is 1.81 bits per heavy atom. The summed E-state index contributed by atoms with van der Waals surface area (Å²) in [5.41, 5.74) is 2.65. The van der Waals surface area contributed by atoms with Crippen LogP contribution in [0.15, 0.2) is 67.0 Å². The Morgan fingerprint density at radius 1 is 1.12 bits per heavy atom. The number of ether oxygens (including phenoxy) is 1. The van der Waals surface area contributed by atoms with Crippen molar-refractivity contribution in [2.75, 3.05) is 12.4 Å². The van der Waals surface area contributed by atoms with Crippen LogP contribution in [0.25, 0.3) is 0 Å². The number of aromatic nitrogens is 1. The molecule has 0 radical (unpaired) electrons. The number of hydrogen-bond donors (Lipinski definition) is 1. The van der Waals surface area contributed by atoms with Gasteiger partial charge in [-0.05, 0) is 54.4 Å². The van der Waals surface area contributed by atoms with Gasteiger partial charge in [0.2, 0.25) is 5.91 Å². The average Bonchev–Trinajstić information content (AvgIpc) is 3.18. The fourth-order valence-corrected chi connectivity index (χ4v) is 3.07. The second-order valence-corrected chi connectivity index (χ2v) is 6.49. The number of methoxy groups -OCH3 is 1. The van der Waals surface area contributed by atoms with Crippen molar-refractivity contribution in [3.8, 4) is 5.75 Å². The normalized spacial score (nSPS) is 11.8. The van der Waals surface area contributed by atoms with Crippen molar-refractivity contribution >= 4 is 23.2 Å². The number of rotatable bonds is 6. The molecule has 0 bridgehead atoms. The lowest BCUT2D eigenvalue weighted by Gasteiger charge is -2.20. The van der Waals surface area contributed by atoms with Crippen LogP contribution >= 0.6 is 11.6 Å². The molecule has 3 aromatic rings. The minimum atomic E-state index is -0.101. The van der Waals surface area contributed by atoms with Crippen LogP contribution in [0.3, 0.4) is 0 Å². The van der Waals surface area contributed by atoms with Crippen molar-refractivity contribution in [3.05, 3.63) is 83.1 Å². The maximum Gasteiger partial charge on any atom is 0.226 e. The van der Waals surface area contributed by atoms with Crippen LogP contribution in [0.5, 0.6) is 5.75 Å². The monoisotopic (exact) mass is 368 g/mol. The summed E-state index contributed by atoms with van der Waals surface area (Å²) in [6.07, 6.45) is 4.24. The van der Waals surface area contributed by atoms with E-state index in [-0.39, 0.29) is 11.9 Å². The Kier molecular flexibility index (Phi) is 5.64. The highest BCUT2D eigenvalue weighted by atomic mass is 35.5. The van der Waals surface area contributed by atoms with Crippen molar-refractivity contribution < 1.29 is 9.53 Å². The first-order valence-corrected chi connectivity index (χ1v) is 8.77. The molecule has 1 heterocycles. The Labute approximate surface area is 158 Å². The molecule has 0 spiro atoms. The first kappa shape index (κ1) is 18.1. The quantitative estimate of drug-likeness (QED) is 0.659. The van der Waals surface area contributed by atoms with Crippen molar-refractivity contribution in [3.63, 3.8) is 0 Å². The van der Waals surface area contributed by atoms with E-state index >= 15 is 0 Å². The van der Waals surface area contributed by atoms with Crippen LogP contribution in [-0.2, 0) is 4.79 Å². The van der Waals surface area contributed by atoms with Gasteiger partial charge in [-0.15, -0.1) is 0 Å². The molecule has 3 rings (SSSR count). The maximum absolute atomic E-state index is 12.7. The molecule has 0 fully saturated rings. The second-order valence-electron chi connectivity index (χ2n) is 6.08. The molecule has 1 N–H and O–H groups in total. The van der Waals surface area contributed by atoms with Crippen LogP contribution in [0.4, 0.5) is 5.69 Å². The molecule has 0 aliphatic rings. The molecule has 1 amide bonds. The molecule has 0 aliphatic heterocycles. The van der Waals surface area contributed by atoms with E-state index in [2.05, 4.69) is 5.32 Å². The predicted molar refractivity (Wildman–Crippen MR) is 105 cm³/mol. The third kappa shape index (κ3) is 4.09. The molecule has 134 valence electrons. The van der Waals surface area contributed by atoms with Gasteiger partial charge >= 0.3 is 0 Å². The SMILES string of the molecule is COc1ccc(C(CC(=O)Nc2cccc(Cl)c2C)n2cccc2)cc1. The van der Waals surface area contributed by atoms with Gasteiger partial charge in [-0.1, -0.05) is 29.8 Å². The maximum atomic E-state index is 12.7. The average molecular weight is 369 g/mol. The Hall–Kier alpha value is -2.72. The summed E-state index contributed by atoms with van der Waals surface area (Å²) in [5, 5.41) is 3.61. The zero-order chi connectivity index (χ0) is 18.5. The molecule has 0 aliphatic carbocycles. The highest BCUT2D eigenvalue weighted by Crippen LogP contribution is 2.27. The van der Waals surface area contributed by atoms with Gasteiger partial charge in [0.15, 0.2) is 0 Å². The van der Waals surface area contributed by atoms with E-state index in [0.717, 1.165) is 22.6 Å². The summed E-state index contributed by atoms with van der Waals surface area (Å²) in [6, 6.07) is 17.1. The standard InChI is InChI=1S/C21H21ClN2O2/c1-15-18(22)6-5-7-19(15)23-21(25)14-20(24-12-3-4-13-24)16-8-10-17(26-2)11-9-16/h3-13,20H,14H2,1-2H3,(H,23,25). The largest absolute Gasteiger partial charge is 0.497 e. The zero-order valence-electron chi connectivity index (χ0n) is 14.8. The lowest BCUT2D eigenvalue weighted by Crippen LogP contribution is -2.20. The predicted octanol–water partition coefficient (Wildman–Crippen LogP) is 5.08. The van der Waals surface area contributed by atoms with Gasteiger partial charge in [0, 0.05) is 23.1 Å². The highest BCUT2D eigenvalue weighted by molar-refractivity contribution is 6.31. The molecule has 5 heteroatoms. The molecule has 1 atom stereocenters. The third-order valence-electron chi connectivity index (χ3n) is 4.41. The van der Waals surface area contributed by atoms with Crippen molar-refractivity contribution in [1.82, 2.24) is 4.57 Å². The van der Waals surface area contributed by atoms with E-state index in [1.54, 1.807) is 7.11 Å². The van der Waals surface area contributed by atoms with Gasteiger partial charge in [0.25, 0.3) is 0 Å². The zero-order valence-corrected chi connectivity index (χ0v) is 15.5. The molecule has 0 saturated carbocycles. The number of carbonyl (C=O) groups excluding carboxylic acids is 1. The summed E-state index contributed by atoms with van der Waals surface area (Å²) in [6.45, 7) is 1.89. The summed E-state index contributed by atoms with van der Waals surface area (Å²) < 4.78 is 7.26. The van der Waals surface area contributed by atoms with Gasteiger partial charge in [-0.2, -0.15) is 0 Å². The third-order valence-corrected chi connectivity index (χ3v) is 4.82. The first-order valence-electron chi connectivity index (χ1n) is 8.40. The van der Waals surface area contributed by atoms with E-state index in [9.17, 15) is 4.79 Å². The minimum absolute atomic E-state index is 0.0649. The topological polar surface area (TPSA) is 43.3 Å². The van der Waals surface area contributed by atoms with Crippen LogP contribution in [-0.4, -0.2) is 17.6 Å². The molecular weight excluding hydrogens is 348 g/mol. The number of carbonyl (C=O) groups is 1. The number of nitrogens with zero attached hydrogens (tertiary/aromatic N) is 1. The van der Waals surface area contributed by atoms with Crippen molar-refractivity contribution in [2.24, 2.45) is 0 Å². The van der Waals surface area contributed by atoms with Gasteiger partial charge < -0.3 is 14.6 Å². The molecular formula is C21H21ClN2O2. The summed E-state index contributed by atoms with van der Waals surface area (Å²) >= 11 is 6.14. The summed E-state index contributed by atoms with van der Waals surface area (Å²) in [7, 11) is 1.64. The fraction of sp³-hybridized carbons (Fsp3) is 0.190. The smallest absolute Gasteiger partial charge is 0.226 e. The molecule has 26 heavy (non-hydrogen) atoms. The minimum Gasteiger partial charge on any atom is -0.497 e. The van der Waals surface area contributed by atoms with Gasteiger partial charge in [-0.25, -0.2) is 0 Å². The number of hydrogen-bond acceptors (Lipinski definition) is 2. The molecule has 2 aromatic carbocycles. The summed E-state index contributed by atoms with van der Waals surface area (Å²) in [5.74, 6) is 0.726. The van der Waals surface area contributed by atoms with Gasteiger partial charge in [0.1, 0.15) is 5.75 Å². The Bertz CT molecular complexity index is 874. The number of amides is 1. The van der Waals surface area contributed by atoms with E-state index in [4.69, 9.17) is 16.3 Å². The first-order chi connectivity index (χ1) is 12.6. The van der Waals surface area contributed by atoms with E-state index < -0.39 is 0 Å². The Morgan fingerprint density at radius 3 is 2.46 bits per heavy atom. The van der Waals surface area contributed by atoms with Crippen LogP contribution in [0.1, 0.15) is 23.6 Å². The number of anilines is 1. The van der Waals surface area contributed by atoms with Crippen LogP contribution in [0.2, 0.25) is 5.02 Å². The van der Waals surface area contributed by atoms with Crippen molar-refractivity contribution in [2.45, 2.75) is 19.4 Å². The van der Waals surface area contributed by atoms with Crippen molar-refractivity contribution in [1.29, 1.82) is 0 Å². The van der Waals surface area contributed by atoms with Gasteiger partial charge in [0.05, 0.1) is 19.6 Å². The highest BCUT2D eigenvalue weighted by Gasteiger charge is 2.18. The van der Waals surface area contributed by atoms with E-state index in [0.29, 0.717) is 11.4 Å². The van der Waals surface area contributed by atoms with Gasteiger partial charge in [-0.3, -0.25) is 4.79 Å². The number of nitrogens with one attached hydrogen (secondary N) is 1. The second kappa shape index (κ2) is 8.11. The van der Waals surface area contributed by atoms with Crippen LogP contribution < -0.4 is 10.1 Å². The van der Waals surface area contributed by atoms with Crippen LogP contribution in [0, 0.1) is 6.92 Å². The fourth-order valence-electron chi connectivity index (χ4n) is 2.90. The summed E-state index contributed by atoms with van der Waals surface area (Å²) in [4.78, 5) is 12.7. The molecule has 4 nitrogen and oxygen atoms in total. The Balaban J connectivity index is 1.81. The molecule has 1 unspecified atom stereocenters. The number of halogens is 1. The van der Waals surface area contributed by atoms with E-state index in [1.165, 1.54) is 0 Å². The lowest BCUT2D eigenvalue weighted by atomic mass is 10.0. The molecule has 0 saturated heterocycles. The number of benzene rings is 2.